The Kier molecular flexibility index (Phi) is 10.3. The summed E-state index contributed by atoms with van der Waals surface area (Å²) in [5, 5.41) is 19.4. The first-order valence-electron chi connectivity index (χ1n) is 21.6. The van der Waals surface area contributed by atoms with Gasteiger partial charge in [0, 0.05) is 79.1 Å². The molecule has 9 heteroatoms. The second kappa shape index (κ2) is 16.1. The average Bonchev–Trinajstić information content (AvgIpc) is 3.67. The lowest BCUT2D eigenvalue weighted by Crippen LogP contribution is -2.57. The van der Waals surface area contributed by atoms with E-state index in [1.807, 2.05) is 24.3 Å². The highest BCUT2D eigenvalue weighted by Gasteiger charge is 2.37. The van der Waals surface area contributed by atoms with Crippen LogP contribution in [0.15, 0.2) is 108 Å². The number of thiophene rings is 1. The molecular weight excluding hydrogens is 747 g/mol. The molecule has 1 atom stereocenters. The van der Waals surface area contributed by atoms with Crippen LogP contribution in [0.2, 0.25) is 0 Å². The number of aromatic nitrogens is 3. The van der Waals surface area contributed by atoms with Gasteiger partial charge in [-0.3, -0.25) is 9.56 Å². The van der Waals surface area contributed by atoms with Crippen LogP contribution in [0.5, 0.6) is 5.75 Å². The van der Waals surface area contributed by atoms with Gasteiger partial charge in [0.05, 0.1) is 5.71 Å². The van der Waals surface area contributed by atoms with E-state index in [1.165, 1.54) is 113 Å². The summed E-state index contributed by atoms with van der Waals surface area (Å²) in [6.45, 7) is 15.7. The van der Waals surface area contributed by atoms with Crippen LogP contribution in [0.1, 0.15) is 68.7 Å². The topological polar surface area (TPSA) is 73.0 Å². The van der Waals surface area contributed by atoms with E-state index in [0.29, 0.717) is 18.2 Å². The van der Waals surface area contributed by atoms with Gasteiger partial charge in [-0.25, -0.2) is 0 Å². The molecule has 4 aliphatic heterocycles. The van der Waals surface area contributed by atoms with Crippen LogP contribution in [0.3, 0.4) is 0 Å². The molecular formula is C50H55N7OS. The van der Waals surface area contributed by atoms with Crippen molar-refractivity contribution in [3.63, 3.8) is 0 Å². The molecule has 3 fully saturated rings. The largest absolute Gasteiger partial charge is 0.508 e. The molecule has 0 spiro atoms. The fourth-order valence-electron chi connectivity index (χ4n) is 10.1. The molecule has 1 aliphatic carbocycles. The number of aryl methyl sites for hydroxylation is 3. The third-order valence-corrected chi connectivity index (χ3v) is 14.7. The van der Waals surface area contributed by atoms with E-state index in [1.54, 1.807) is 6.07 Å². The second-order valence-corrected chi connectivity index (χ2v) is 18.9. The Balaban J connectivity index is 0.000000206. The van der Waals surface area contributed by atoms with Crippen molar-refractivity contribution >= 4 is 28.4 Å². The molecule has 4 aromatic carbocycles. The van der Waals surface area contributed by atoms with Crippen LogP contribution in [0, 0.1) is 38.5 Å². The van der Waals surface area contributed by atoms with Crippen LogP contribution in [0.4, 0.5) is 11.4 Å². The summed E-state index contributed by atoms with van der Waals surface area (Å²) in [5.74, 6) is 5.42. The van der Waals surface area contributed by atoms with E-state index in [2.05, 4.69) is 134 Å². The minimum absolute atomic E-state index is 0.391. The molecule has 5 aliphatic rings. The Labute approximate surface area is 352 Å². The predicted octanol–water partition coefficient (Wildman–Crippen LogP) is 9.16. The lowest BCUT2D eigenvalue weighted by Gasteiger charge is -2.49. The molecule has 59 heavy (non-hydrogen) atoms. The molecule has 11 rings (SSSR count). The van der Waals surface area contributed by atoms with Crippen molar-refractivity contribution in [2.24, 2.45) is 22.7 Å². The van der Waals surface area contributed by atoms with Crippen LogP contribution >= 0.6 is 11.3 Å². The maximum atomic E-state index is 9.47. The average molecular weight is 802 g/mol. The maximum absolute atomic E-state index is 9.47. The number of aliphatic imine (C=N–C) groups is 1. The number of hydrogen-bond acceptors (Lipinski definition) is 8. The molecule has 1 N–H and O–H groups in total. The minimum Gasteiger partial charge on any atom is -0.508 e. The monoisotopic (exact) mass is 801 g/mol. The first-order valence-corrected chi connectivity index (χ1v) is 22.4. The number of phenols is 1. The zero-order chi connectivity index (χ0) is 40.0. The zero-order valence-corrected chi connectivity index (χ0v) is 35.4. The van der Waals surface area contributed by atoms with Crippen molar-refractivity contribution in [1.82, 2.24) is 19.7 Å². The van der Waals surface area contributed by atoms with Crippen molar-refractivity contribution in [2.45, 2.75) is 58.9 Å². The van der Waals surface area contributed by atoms with Gasteiger partial charge in [0.1, 0.15) is 23.1 Å². The number of benzene rings is 4. The normalized spacial score (nSPS) is 19.2. The SMILES string of the molecule is Cc1sc2c(c1C)C(c1ccc(N3CC(CC4CN(CC5CN(c6ccccc6)C5)C4)C3)cc1)=NCc1nnc(C)n1-2.Oc1ccc2c(c1)CC[C@H](c1ccccc1)C2. The molecule has 0 saturated carbocycles. The molecule has 8 nitrogen and oxygen atoms in total. The molecule has 302 valence electrons. The number of hydrogen-bond donors (Lipinski definition) is 1. The first-order chi connectivity index (χ1) is 28.8. The standard InChI is InChI=1S/C34H39N7S.C16H16O/c1-22-23(2)42-34-32(22)33(35-14-31-37-36-24(3)41(31)34)28-9-11-30(12-10-28)39-18-26(19-39)13-25-15-38(16-25)17-27-20-40(21-27)29-7-5-4-6-8-29;17-16-9-8-14-10-13(6-7-15(14)11-16)12-4-2-1-3-5-12/h4-12,25-27H,13-21H2,1-3H3;1-5,8-9,11,13,17H,6-7,10H2/t;13-/m.0/s1. The number of aromatic hydroxyl groups is 1. The zero-order valence-electron chi connectivity index (χ0n) is 34.6. The van der Waals surface area contributed by atoms with Crippen LogP contribution in [-0.2, 0) is 19.4 Å². The number of nitrogens with zero attached hydrogens (tertiary/aromatic N) is 7. The number of fused-ring (bicyclic) bond motifs is 4. The van der Waals surface area contributed by atoms with E-state index in [9.17, 15) is 5.11 Å². The fourth-order valence-corrected chi connectivity index (χ4v) is 11.4. The van der Waals surface area contributed by atoms with Crippen LogP contribution in [0.25, 0.3) is 5.00 Å². The quantitative estimate of drug-likeness (QED) is 0.166. The smallest absolute Gasteiger partial charge is 0.160 e. The first kappa shape index (κ1) is 38.0. The number of phenolic OH excluding ortho intramolecular Hbond substituents is 1. The predicted molar refractivity (Wildman–Crippen MR) is 241 cm³/mol. The molecule has 3 saturated heterocycles. The van der Waals surface area contributed by atoms with Gasteiger partial charge >= 0.3 is 0 Å². The lowest BCUT2D eigenvalue weighted by molar-refractivity contribution is 0.0570. The van der Waals surface area contributed by atoms with Gasteiger partial charge in [0.15, 0.2) is 5.82 Å². The number of rotatable bonds is 8. The molecule has 0 bridgehead atoms. The summed E-state index contributed by atoms with van der Waals surface area (Å²) in [4.78, 5) is 14.1. The summed E-state index contributed by atoms with van der Waals surface area (Å²) >= 11 is 1.82. The lowest BCUT2D eigenvalue weighted by atomic mass is 9.80. The molecule has 2 aromatic heterocycles. The van der Waals surface area contributed by atoms with E-state index < -0.39 is 0 Å². The van der Waals surface area contributed by atoms with E-state index >= 15 is 0 Å². The third-order valence-electron chi connectivity index (χ3n) is 13.5. The Morgan fingerprint density at radius 2 is 1.39 bits per heavy atom. The highest BCUT2D eigenvalue weighted by Crippen LogP contribution is 2.38. The highest BCUT2D eigenvalue weighted by molar-refractivity contribution is 7.15. The van der Waals surface area contributed by atoms with Crippen molar-refractivity contribution in [2.75, 3.05) is 55.6 Å². The van der Waals surface area contributed by atoms with Gasteiger partial charge in [0.2, 0.25) is 0 Å². The highest BCUT2D eigenvalue weighted by atomic mass is 32.1. The number of anilines is 2. The number of para-hydroxylation sites is 1. The Morgan fingerprint density at radius 3 is 2.14 bits per heavy atom. The summed E-state index contributed by atoms with van der Waals surface area (Å²) in [6, 6.07) is 36.5. The van der Waals surface area contributed by atoms with Crippen molar-refractivity contribution in [1.29, 1.82) is 0 Å². The van der Waals surface area contributed by atoms with Gasteiger partial charge in [-0.1, -0.05) is 66.7 Å². The number of likely N-dealkylation sites (tertiary alicyclic amines) is 1. The maximum Gasteiger partial charge on any atom is 0.160 e. The summed E-state index contributed by atoms with van der Waals surface area (Å²) in [7, 11) is 0. The van der Waals surface area contributed by atoms with Crippen molar-refractivity contribution in [3.8, 4) is 10.8 Å². The molecule has 0 radical (unpaired) electrons. The molecule has 6 heterocycles. The van der Waals surface area contributed by atoms with Gasteiger partial charge in [-0.05, 0) is 123 Å². The van der Waals surface area contributed by atoms with E-state index in [0.717, 1.165) is 48.0 Å². The van der Waals surface area contributed by atoms with E-state index in [4.69, 9.17) is 4.99 Å². The van der Waals surface area contributed by atoms with Gasteiger partial charge < -0.3 is 19.8 Å². The van der Waals surface area contributed by atoms with Gasteiger partial charge in [-0.2, -0.15) is 0 Å². The van der Waals surface area contributed by atoms with Crippen LogP contribution in [-0.4, -0.2) is 76.3 Å². The molecule has 6 aromatic rings. The molecule has 0 unspecified atom stereocenters. The molecule has 0 amide bonds. The van der Waals surface area contributed by atoms with E-state index in [-0.39, 0.29) is 0 Å². The Hall–Kier alpha value is -5.25. The van der Waals surface area contributed by atoms with Gasteiger partial charge in [0.25, 0.3) is 0 Å². The van der Waals surface area contributed by atoms with Crippen LogP contribution < -0.4 is 9.80 Å². The summed E-state index contributed by atoms with van der Waals surface area (Å²) in [6.07, 6.45) is 4.73. The van der Waals surface area contributed by atoms with Gasteiger partial charge in [-0.15, -0.1) is 21.5 Å². The summed E-state index contributed by atoms with van der Waals surface area (Å²) < 4.78 is 2.19. The van der Waals surface area contributed by atoms with Crippen molar-refractivity contribution in [3.05, 3.63) is 153 Å². The van der Waals surface area contributed by atoms with Crippen molar-refractivity contribution < 1.29 is 5.11 Å². The third kappa shape index (κ3) is 7.71. The Morgan fingerprint density at radius 1 is 0.712 bits per heavy atom. The second-order valence-electron chi connectivity index (χ2n) is 17.7. The fraction of sp³-hybridized carbons (Fsp3) is 0.380. The summed E-state index contributed by atoms with van der Waals surface area (Å²) in [5.41, 5.74) is 11.7. The Bertz CT molecular complexity index is 2440. The minimum atomic E-state index is 0.391.